The molecule has 0 saturated heterocycles. The molecule has 0 saturated carbocycles. The van der Waals surface area contributed by atoms with E-state index in [1.807, 2.05) is 29.0 Å². The van der Waals surface area contributed by atoms with E-state index < -0.39 is 22.8 Å². The molecule has 2 atom stereocenters. The van der Waals surface area contributed by atoms with Crippen LogP contribution < -0.4 is 29.8 Å². The molecular weight excluding hydrogens is 758 g/mol. The third-order valence-corrected chi connectivity index (χ3v) is 10.3. The predicted molar refractivity (Wildman–Crippen MR) is 215 cm³/mol. The highest BCUT2D eigenvalue weighted by atomic mass is 35.5. The summed E-state index contributed by atoms with van der Waals surface area (Å²) < 4.78 is 31.8. The van der Waals surface area contributed by atoms with Gasteiger partial charge in [-0.25, -0.2) is 14.6 Å². The highest BCUT2D eigenvalue weighted by Gasteiger charge is 2.31. The Morgan fingerprint density at radius 1 is 0.842 bits per heavy atom. The van der Waals surface area contributed by atoms with Crippen LogP contribution in [0.3, 0.4) is 0 Å². The van der Waals surface area contributed by atoms with Gasteiger partial charge in [-0.3, -0.25) is 9.59 Å². The van der Waals surface area contributed by atoms with Crippen molar-refractivity contribution in [2.45, 2.75) is 72.4 Å². The number of carboxylic acids is 2. The van der Waals surface area contributed by atoms with Gasteiger partial charge in [0.1, 0.15) is 29.2 Å². The molecule has 2 N–H and O–H groups in total. The van der Waals surface area contributed by atoms with Gasteiger partial charge in [0.15, 0.2) is 16.6 Å². The highest BCUT2D eigenvalue weighted by Crippen LogP contribution is 2.43. The Morgan fingerprint density at radius 3 is 2.02 bits per heavy atom. The predicted octanol–water partition coefficient (Wildman–Crippen LogP) is 7.42. The van der Waals surface area contributed by atoms with Gasteiger partial charge in [-0.05, 0) is 42.4 Å². The van der Waals surface area contributed by atoms with Crippen molar-refractivity contribution >= 4 is 23.5 Å². The van der Waals surface area contributed by atoms with Crippen molar-refractivity contribution in [3.63, 3.8) is 0 Å². The second-order valence-electron chi connectivity index (χ2n) is 14.6. The molecule has 14 nitrogen and oxygen atoms in total. The van der Waals surface area contributed by atoms with Crippen LogP contribution in [0.25, 0.3) is 22.6 Å². The summed E-state index contributed by atoms with van der Waals surface area (Å²) in [7, 11) is 3.15. The van der Waals surface area contributed by atoms with Crippen molar-refractivity contribution < 1.29 is 43.5 Å². The third-order valence-electron chi connectivity index (χ3n) is 10.00. The summed E-state index contributed by atoms with van der Waals surface area (Å²) in [6, 6.07) is 7.92. The first-order valence-corrected chi connectivity index (χ1v) is 19.4. The summed E-state index contributed by atoms with van der Waals surface area (Å²) in [4.78, 5) is 52.2. The van der Waals surface area contributed by atoms with Crippen molar-refractivity contribution in [2.75, 3.05) is 40.6 Å². The number of hydrogen-bond acceptors (Lipinski definition) is 10. The second kappa shape index (κ2) is 18.7. The molecule has 0 radical (unpaired) electrons. The van der Waals surface area contributed by atoms with E-state index in [2.05, 4.69) is 25.8 Å². The Morgan fingerprint density at radius 2 is 1.44 bits per heavy atom. The normalized spacial score (nSPS) is 15.2. The van der Waals surface area contributed by atoms with Crippen molar-refractivity contribution in [1.82, 2.24) is 14.1 Å². The molecule has 4 aromatic rings. The van der Waals surface area contributed by atoms with Crippen molar-refractivity contribution in [3.05, 3.63) is 84.9 Å². The van der Waals surface area contributed by atoms with Crippen molar-refractivity contribution in [3.8, 4) is 45.8 Å². The van der Waals surface area contributed by atoms with Crippen LogP contribution >= 0.6 is 11.6 Å². The molecule has 0 unspecified atom stereocenters. The van der Waals surface area contributed by atoms with Crippen LogP contribution in [0.2, 0.25) is 5.02 Å². The van der Waals surface area contributed by atoms with E-state index >= 15 is 0 Å². The zero-order valence-corrected chi connectivity index (χ0v) is 34.1. The molecule has 306 valence electrons. The molecule has 2 aliphatic heterocycles. The number of unbranched alkanes of at least 4 members (excludes halogenated alkanes) is 1. The number of aromatic carboxylic acids is 2. The third kappa shape index (κ3) is 9.45. The van der Waals surface area contributed by atoms with E-state index in [0.29, 0.717) is 83.6 Å². The summed E-state index contributed by atoms with van der Waals surface area (Å²) in [5.41, 5.74) is 1.77. The molecule has 3 aromatic heterocycles. The molecule has 0 amide bonds. The number of fused-ring (bicyclic) bond motifs is 6. The number of carboxylic acid groups (broad SMARTS) is 2. The van der Waals surface area contributed by atoms with Gasteiger partial charge >= 0.3 is 11.9 Å². The van der Waals surface area contributed by atoms with Crippen LogP contribution in [0.5, 0.6) is 23.1 Å². The fourth-order valence-electron chi connectivity index (χ4n) is 6.85. The summed E-state index contributed by atoms with van der Waals surface area (Å²) in [6.45, 7) is 12.2. The lowest BCUT2D eigenvalue weighted by Gasteiger charge is -2.33. The highest BCUT2D eigenvalue weighted by molar-refractivity contribution is 6.32. The molecule has 57 heavy (non-hydrogen) atoms. The molecule has 6 rings (SSSR count). The number of rotatable bonds is 14. The lowest BCUT2D eigenvalue weighted by atomic mass is 9.89. The number of halogens is 1. The SMILES string of the molecule is CCCCOc1cc2c(cc1Cl)-c1cc(=O)c(C(=O)O)cn1[C@H](C(C)C)CO2.COCCCOc1cc2c(nc1OC)-c1cc(=O)c(C(=O)O)cn1[C@H](C(C)C)C2. The Labute approximate surface area is 335 Å². The van der Waals surface area contributed by atoms with Gasteiger partial charge in [0, 0.05) is 62.3 Å². The van der Waals surface area contributed by atoms with E-state index in [1.165, 1.54) is 31.6 Å². The van der Waals surface area contributed by atoms with Crippen LogP contribution in [0.1, 0.15) is 92.2 Å². The fraction of sp³-hybridized carbons (Fsp3) is 0.452. The number of benzene rings is 1. The van der Waals surface area contributed by atoms with Gasteiger partial charge in [-0.15, -0.1) is 0 Å². The van der Waals surface area contributed by atoms with Gasteiger partial charge in [0.25, 0.3) is 5.88 Å². The van der Waals surface area contributed by atoms with Crippen molar-refractivity contribution in [1.29, 1.82) is 0 Å². The quantitative estimate of drug-likeness (QED) is 0.121. The molecule has 0 spiro atoms. The molecule has 0 bridgehead atoms. The summed E-state index contributed by atoms with van der Waals surface area (Å²) in [6.07, 6.45) is 6.14. The van der Waals surface area contributed by atoms with Gasteiger partial charge in [0.2, 0.25) is 0 Å². The van der Waals surface area contributed by atoms with E-state index in [1.54, 1.807) is 19.2 Å². The molecule has 5 heterocycles. The summed E-state index contributed by atoms with van der Waals surface area (Å²) in [5.74, 6) is -0.126. The first kappa shape index (κ1) is 42.8. The van der Waals surface area contributed by atoms with E-state index in [0.717, 1.165) is 24.8 Å². The Balaban J connectivity index is 0.000000218. The maximum absolute atomic E-state index is 12.4. The standard InChI is InChI=1S/C21H24ClNO5.C21H26N2O6/c1-4-5-6-27-20-9-19-13(7-15(20)22)16-8-18(24)14(21(25)26)10-23(16)17(11-28-19)12(2)3;1-12(2)15-8-13-9-18(29-7-5-6-27-3)20(28-4)22-19(13)16-10-17(24)14(21(25)26)11-23(15)16/h7-10,12,17H,4-6,11H2,1-3H3,(H,25,26);9-12,15H,5-8H2,1-4H3,(H,25,26)/t17-;15-/m00/s1. The molecular formula is C42H50ClN3O11. The summed E-state index contributed by atoms with van der Waals surface area (Å²) >= 11 is 6.42. The minimum atomic E-state index is -1.24. The molecule has 0 aliphatic carbocycles. The van der Waals surface area contributed by atoms with Gasteiger partial charge < -0.3 is 43.0 Å². The largest absolute Gasteiger partial charge is 0.492 e. The number of ether oxygens (including phenoxy) is 5. The number of hydrogen-bond donors (Lipinski definition) is 2. The second-order valence-corrected chi connectivity index (χ2v) is 15.0. The maximum Gasteiger partial charge on any atom is 0.341 e. The average molecular weight is 808 g/mol. The molecule has 15 heteroatoms. The van der Waals surface area contributed by atoms with Gasteiger partial charge in [0.05, 0.1) is 48.5 Å². The van der Waals surface area contributed by atoms with Gasteiger partial charge in [-0.2, -0.15) is 0 Å². The number of carbonyl (C=O) groups is 2. The molecule has 0 fully saturated rings. The minimum absolute atomic E-state index is 0.00673. The van der Waals surface area contributed by atoms with Crippen LogP contribution in [0.4, 0.5) is 0 Å². The number of pyridine rings is 3. The Hall–Kier alpha value is -5.34. The first-order valence-electron chi connectivity index (χ1n) is 19.0. The number of nitrogens with zero attached hydrogens (tertiary/aromatic N) is 3. The molecule has 1 aromatic carbocycles. The lowest BCUT2D eigenvalue weighted by molar-refractivity contribution is 0.0683. The van der Waals surface area contributed by atoms with Crippen LogP contribution in [-0.4, -0.2) is 76.9 Å². The lowest BCUT2D eigenvalue weighted by Crippen LogP contribution is -2.28. The van der Waals surface area contributed by atoms with Gasteiger partial charge in [-0.1, -0.05) is 52.6 Å². The Bertz CT molecular complexity index is 2230. The Kier molecular flexibility index (Phi) is 14.1. The topological polar surface area (TPSA) is 178 Å². The molecule has 2 aliphatic rings. The average Bonchev–Trinajstić information content (AvgIpc) is 3.31. The van der Waals surface area contributed by atoms with E-state index in [-0.39, 0.29) is 35.0 Å². The number of methoxy groups -OCH3 is 2. The monoisotopic (exact) mass is 807 g/mol. The first-order chi connectivity index (χ1) is 27.2. The van der Waals surface area contributed by atoms with Crippen molar-refractivity contribution in [2.24, 2.45) is 11.8 Å². The van der Waals surface area contributed by atoms with Crippen LogP contribution in [0, 0.1) is 11.8 Å². The van der Waals surface area contributed by atoms with Crippen LogP contribution in [0.15, 0.2) is 52.3 Å². The maximum atomic E-state index is 12.4. The zero-order chi connectivity index (χ0) is 41.6. The zero-order valence-electron chi connectivity index (χ0n) is 33.3. The summed E-state index contributed by atoms with van der Waals surface area (Å²) in [5, 5.41) is 19.1. The number of aromatic nitrogens is 3. The van der Waals surface area contributed by atoms with E-state index in [4.69, 9.17) is 35.3 Å². The minimum Gasteiger partial charge on any atom is -0.492 e. The van der Waals surface area contributed by atoms with E-state index in [9.17, 15) is 29.4 Å². The fourth-order valence-corrected chi connectivity index (χ4v) is 7.06. The van der Waals surface area contributed by atoms with Crippen LogP contribution in [-0.2, 0) is 11.2 Å². The smallest absolute Gasteiger partial charge is 0.341 e.